The van der Waals surface area contributed by atoms with Crippen LogP contribution in [-0.4, -0.2) is 51.9 Å². The second kappa shape index (κ2) is 12.3. The summed E-state index contributed by atoms with van der Waals surface area (Å²) in [5.41, 5.74) is 1.71. The average molecular weight is 612 g/mol. The van der Waals surface area contributed by atoms with E-state index < -0.39 is 42.7 Å². The van der Waals surface area contributed by atoms with Crippen LogP contribution in [0, 0.1) is 12.7 Å². The number of benzene rings is 3. The summed E-state index contributed by atoms with van der Waals surface area (Å²) in [4.78, 5) is 40.3. The number of piperidine rings is 1. The summed E-state index contributed by atoms with van der Waals surface area (Å²) in [5.74, 6) is -3.25. The van der Waals surface area contributed by atoms with Gasteiger partial charge in [0.15, 0.2) is 5.69 Å². The maximum Gasteiger partial charge on any atom is 0.408 e. The summed E-state index contributed by atoms with van der Waals surface area (Å²) >= 11 is 0. The number of anilines is 3. The van der Waals surface area contributed by atoms with Crippen molar-refractivity contribution >= 4 is 45.7 Å². The van der Waals surface area contributed by atoms with Crippen molar-refractivity contribution in [1.82, 2.24) is 9.78 Å². The summed E-state index contributed by atoms with van der Waals surface area (Å²) in [6.07, 6.45) is -2.21. The lowest BCUT2D eigenvalue weighted by molar-refractivity contribution is -0.142. The van der Waals surface area contributed by atoms with E-state index in [-0.39, 0.29) is 39.1 Å². The lowest BCUT2D eigenvalue weighted by Gasteiger charge is -2.30. The molecule has 1 saturated heterocycles. The van der Waals surface area contributed by atoms with Gasteiger partial charge in [-0.25, -0.2) is 4.39 Å². The van der Waals surface area contributed by atoms with Gasteiger partial charge in [0.05, 0.1) is 23.3 Å². The second-order valence-corrected chi connectivity index (χ2v) is 10.7. The van der Waals surface area contributed by atoms with E-state index in [0.717, 1.165) is 36.1 Å². The maximum atomic E-state index is 13.8. The van der Waals surface area contributed by atoms with Crippen LogP contribution in [0.1, 0.15) is 51.2 Å². The fraction of sp³-hybridized carbons (Fsp3) is 0.290. The Morgan fingerprint density at radius 1 is 0.932 bits per heavy atom. The minimum Gasteiger partial charge on any atom is -0.481 e. The zero-order chi connectivity index (χ0) is 31.6. The molecule has 0 unspecified atom stereocenters. The Hall–Kier alpha value is -4.94. The number of amides is 2. The van der Waals surface area contributed by atoms with Crippen LogP contribution in [0.5, 0.6) is 0 Å². The monoisotopic (exact) mass is 611 g/mol. The van der Waals surface area contributed by atoms with Crippen molar-refractivity contribution in [1.29, 1.82) is 0 Å². The molecular weight excluding hydrogens is 582 g/mol. The molecule has 0 aliphatic carbocycles. The molecule has 0 radical (unpaired) electrons. The first-order valence-corrected chi connectivity index (χ1v) is 13.9. The van der Waals surface area contributed by atoms with E-state index in [1.54, 1.807) is 31.2 Å². The third-order valence-electron chi connectivity index (χ3n) is 7.39. The molecule has 1 aliphatic heterocycles. The number of hydrogen-bond acceptors (Lipinski definition) is 5. The number of alkyl halides is 3. The van der Waals surface area contributed by atoms with Gasteiger partial charge in [0.25, 0.3) is 11.8 Å². The topological polar surface area (TPSA) is 117 Å². The van der Waals surface area contributed by atoms with E-state index in [0.29, 0.717) is 24.3 Å². The van der Waals surface area contributed by atoms with Gasteiger partial charge < -0.3 is 20.6 Å². The maximum absolute atomic E-state index is 13.8. The number of nitrogens with one attached hydrogen (secondary N) is 2. The van der Waals surface area contributed by atoms with Crippen molar-refractivity contribution in [3.8, 4) is 0 Å². The Morgan fingerprint density at radius 2 is 1.66 bits per heavy atom. The standard InChI is InChI=1S/C31H29F4N5O4/c1-18-6-5-7-25-27(18)28(38-40(25)17-31(33,34)35)30(44)37-23-15-19(8-11-24(23)39-12-3-2-4-13-39)29(43)36-22-10-9-21(32)14-20(22)16-26(41)42/h5-11,14-15H,2-4,12-13,16-17H2,1H3,(H,36,43)(H,37,44)(H,41,42). The Kier molecular flexibility index (Phi) is 8.56. The van der Waals surface area contributed by atoms with Crippen LogP contribution in [0.3, 0.4) is 0 Å². The van der Waals surface area contributed by atoms with E-state index in [1.807, 2.05) is 0 Å². The molecule has 230 valence electrons. The van der Waals surface area contributed by atoms with Gasteiger partial charge in [-0.05, 0) is 79.8 Å². The van der Waals surface area contributed by atoms with Gasteiger partial charge in [0.2, 0.25) is 0 Å². The Labute approximate surface area is 249 Å². The van der Waals surface area contributed by atoms with Crippen molar-refractivity contribution in [3.05, 3.63) is 82.8 Å². The van der Waals surface area contributed by atoms with Gasteiger partial charge >= 0.3 is 12.1 Å². The largest absolute Gasteiger partial charge is 0.481 e. The SMILES string of the molecule is Cc1cccc2c1c(C(=O)Nc1cc(C(=O)Nc3ccc(F)cc3CC(=O)O)ccc1N1CCCCC1)nn2CC(F)(F)F. The van der Waals surface area contributed by atoms with Crippen molar-refractivity contribution in [2.75, 3.05) is 28.6 Å². The number of rotatable bonds is 8. The Bertz CT molecular complexity index is 1750. The summed E-state index contributed by atoms with van der Waals surface area (Å²) in [7, 11) is 0. The molecule has 1 fully saturated rings. The van der Waals surface area contributed by atoms with Gasteiger partial charge in [0, 0.05) is 29.7 Å². The number of carbonyl (C=O) groups is 3. The number of aliphatic carboxylic acids is 1. The summed E-state index contributed by atoms with van der Waals surface area (Å²) in [6.45, 7) is 1.70. The zero-order valence-corrected chi connectivity index (χ0v) is 23.7. The molecule has 5 rings (SSSR count). The highest BCUT2D eigenvalue weighted by atomic mass is 19.4. The molecule has 13 heteroatoms. The number of carboxylic acid groups (broad SMARTS) is 1. The highest BCUT2D eigenvalue weighted by molar-refractivity contribution is 6.14. The van der Waals surface area contributed by atoms with E-state index in [2.05, 4.69) is 20.6 Å². The van der Waals surface area contributed by atoms with Gasteiger partial charge in [-0.15, -0.1) is 0 Å². The molecular formula is C31H29F4N5O4. The average Bonchev–Trinajstić information content (AvgIpc) is 3.33. The summed E-state index contributed by atoms with van der Waals surface area (Å²) in [6, 6.07) is 12.8. The van der Waals surface area contributed by atoms with Crippen LogP contribution in [0.25, 0.3) is 10.9 Å². The van der Waals surface area contributed by atoms with Crippen molar-refractivity contribution in [3.63, 3.8) is 0 Å². The Balaban J connectivity index is 1.51. The highest BCUT2D eigenvalue weighted by Gasteiger charge is 2.31. The van der Waals surface area contributed by atoms with E-state index in [9.17, 15) is 37.1 Å². The molecule has 1 aromatic heterocycles. The molecule has 2 amide bonds. The third kappa shape index (κ3) is 6.82. The van der Waals surface area contributed by atoms with E-state index in [4.69, 9.17) is 0 Å². The van der Waals surface area contributed by atoms with Crippen LogP contribution in [-0.2, 0) is 17.8 Å². The number of fused-ring (bicyclic) bond motifs is 1. The van der Waals surface area contributed by atoms with Crippen LogP contribution in [0.2, 0.25) is 0 Å². The lowest BCUT2D eigenvalue weighted by atomic mass is 10.1. The minimum absolute atomic E-state index is 0.0704. The van der Waals surface area contributed by atoms with Crippen molar-refractivity contribution in [2.24, 2.45) is 0 Å². The molecule has 9 nitrogen and oxygen atoms in total. The number of aryl methyl sites for hydroxylation is 1. The Morgan fingerprint density at radius 3 is 2.36 bits per heavy atom. The number of aromatic nitrogens is 2. The fourth-order valence-corrected chi connectivity index (χ4v) is 5.41. The van der Waals surface area contributed by atoms with Gasteiger partial charge in [-0.3, -0.25) is 19.1 Å². The minimum atomic E-state index is -4.56. The predicted octanol–water partition coefficient (Wildman–Crippen LogP) is 6.17. The number of carbonyl (C=O) groups excluding carboxylic acids is 2. The first-order chi connectivity index (χ1) is 20.9. The van der Waals surface area contributed by atoms with Gasteiger partial charge in [-0.2, -0.15) is 18.3 Å². The third-order valence-corrected chi connectivity index (χ3v) is 7.39. The van der Waals surface area contributed by atoms with Crippen LogP contribution in [0.15, 0.2) is 54.6 Å². The molecule has 0 atom stereocenters. The number of halogens is 4. The van der Waals surface area contributed by atoms with Gasteiger partial charge in [0.1, 0.15) is 12.4 Å². The molecule has 4 aromatic rings. The van der Waals surface area contributed by atoms with Crippen molar-refractivity contribution < 1.29 is 37.1 Å². The van der Waals surface area contributed by atoms with Crippen LogP contribution in [0.4, 0.5) is 34.6 Å². The molecule has 0 spiro atoms. The number of carboxylic acids is 1. The summed E-state index contributed by atoms with van der Waals surface area (Å²) < 4.78 is 54.5. The normalized spacial score (nSPS) is 13.6. The molecule has 3 aromatic carbocycles. The number of hydrogen-bond donors (Lipinski definition) is 3. The molecule has 0 bridgehead atoms. The fourth-order valence-electron chi connectivity index (χ4n) is 5.41. The zero-order valence-electron chi connectivity index (χ0n) is 23.7. The molecule has 44 heavy (non-hydrogen) atoms. The lowest BCUT2D eigenvalue weighted by Crippen LogP contribution is -2.30. The molecule has 1 aliphatic rings. The molecule has 3 N–H and O–H groups in total. The highest BCUT2D eigenvalue weighted by Crippen LogP contribution is 2.32. The molecule has 0 saturated carbocycles. The quantitative estimate of drug-likeness (QED) is 0.205. The van der Waals surface area contributed by atoms with Crippen LogP contribution < -0.4 is 15.5 Å². The molecule has 2 heterocycles. The summed E-state index contributed by atoms with van der Waals surface area (Å²) in [5, 5.41) is 18.9. The first-order valence-electron chi connectivity index (χ1n) is 13.9. The second-order valence-electron chi connectivity index (χ2n) is 10.7. The van der Waals surface area contributed by atoms with Crippen LogP contribution >= 0.6 is 0 Å². The first kappa shape index (κ1) is 30.5. The van der Waals surface area contributed by atoms with E-state index in [1.165, 1.54) is 18.2 Å². The number of nitrogens with zero attached hydrogens (tertiary/aromatic N) is 3. The smallest absolute Gasteiger partial charge is 0.408 e. The predicted molar refractivity (Wildman–Crippen MR) is 157 cm³/mol. The van der Waals surface area contributed by atoms with E-state index >= 15 is 0 Å². The van der Waals surface area contributed by atoms with Crippen molar-refractivity contribution in [2.45, 2.75) is 45.3 Å². The van der Waals surface area contributed by atoms with Gasteiger partial charge in [-0.1, -0.05) is 12.1 Å².